The van der Waals surface area contributed by atoms with Gasteiger partial charge in [0.25, 0.3) is 0 Å². The normalized spacial score (nSPS) is 10.6. The zero-order valence-corrected chi connectivity index (χ0v) is 16.4. The number of halogens is 1. The van der Waals surface area contributed by atoms with E-state index in [0.717, 1.165) is 10.6 Å². The van der Waals surface area contributed by atoms with Gasteiger partial charge in [-0.2, -0.15) is 0 Å². The highest BCUT2D eigenvalue weighted by atomic mass is 32.1. The van der Waals surface area contributed by atoms with E-state index in [1.165, 1.54) is 35.6 Å². The Labute approximate surface area is 175 Å². The molecule has 0 radical (unpaired) electrons. The molecular weight excluding hydrogens is 403 g/mol. The molecule has 2 aromatic carbocycles. The van der Waals surface area contributed by atoms with E-state index >= 15 is 0 Å². The summed E-state index contributed by atoms with van der Waals surface area (Å²) in [5.74, 6) is -0.756. The maximum Gasteiger partial charge on any atom is 0.317 e. The van der Waals surface area contributed by atoms with Crippen LogP contribution in [-0.4, -0.2) is 21.7 Å². The highest BCUT2D eigenvalue weighted by Crippen LogP contribution is 2.23. The quantitative estimate of drug-likeness (QED) is 0.257. The lowest BCUT2D eigenvalue weighted by Gasteiger charge is -2.05. The summed E-state index contributed by atoms with van der Waals surface area (Å²) in [7, 11) is 0. The average molecular weight is 418 g/mol. The van der Waals surface area contributed by atoms with E-state index in [1.54, 1.807) is 36.7 Å². The van der Waals surface area contributed by atoms with Crippen LogP contribution in [-0.2, 0) is 11.2 Å². The highest BCUT2D eigenvalue weighted by molar-refractivity contribution is 7.13. The van der Waals surface area contributed by atoms with Gasteiger partial charge in [-0.05, 0) is 60.7 Å². The number of thiazole rings is 1. The van der Waals surface area contributed by atoms with Gasteiger partial charge in [-0.3, -0.25) is 14.6 Å². The van der Waals surface area contributed by atoms with Crippen molar-refractivity contribution >= 4 is 23.1 Å². The van der Waals surface area contributed by atoms with Crippen molar-refractivity contribution in [2.45, 2.75) is 6.42 Å². The fourth-order valence-corrected chi connectivity index (χ4v) is 3.58. The van der Waals surface area contributed by atoms with Crippen molar-refractivity contribution in [3.8, 4) is 16.3 Å². The summed E-state index contributed by atoms with van der Waals surface area (Å²) in [5, 5.41) is 2.60. The van der Waals surface area contributed by atoms with Gasteiger partial charge < -0.3 is 4.74 Å². The van der Waals surface area contributed by atoms with Gasteiger partial charge in [-0.15, -0.1) is 11.3 Å². The number of rotatable bonds is 6. The molecule has 4 rings (SSSR count). The first-order valence-corrected chi connectivity index (χ1v) is 9.92. The molecule has 0 aliphatic rings. The van der Waals surface area contributed by atoms with E-state index in [4.69, 9.17) is 4.74 Å². The van der Waals surface area contributed by atoms with Crippen LogP contribution in [0.1, 0.15) is 21.6 Å². The molecule has 0 fully saturated rings. The zero-order valence-electron chi connectivity index (χ0n) is 15.6. The zero-order chi connectivity index (χ0) is 20.9. The molecule has 2 heterocycles. The first kappa shape index (κ1) is 19.6. The first-order chi connectivity index (χ1) is 14.6. The maximum atomic E-state index is 13.0. The third-order valence-corrected chi connectivity index (χ3v) is 5.18. The van der Waals surface area contributed by atoms with Crippen LogP contribution < -0.4 is 4.74 Å². The van der Waals surface area contributed by atoms with Gasteiger partial charge in [0, 0.05) is 34.5 Å². The van der Waals surface area contributed by atoms with E-state index in [1.807, 2.05) is 17.5 Å². The molecule has 0 saturated carbocycles. The minimum atomic E-state index is -0.448. The second-order valence-corrected chi connectivity index (χ2v) is 7.26. The number of hydrogen-bond acceptors (Lipinski definition) is 6. The molecule has 4 aromatic rings. The highest BCUT2D eigenvalue weighted by Gasteiger charge is 2.13. The van der Waals surface area contributed by atoms with Crippen LogP contribution >= 0.6 is 11.3 Å². The van der Waals surface area contributed by atoms with Crippen molar-refractivity contribution in [2.24, 2.45) is 0 Å². The maximum absolute atomic E-state index is 13.0. The number of ether oxygens (including phenoxy) is 1. The number of esters is 1. The minimum Gasteiger partial charge on any atom is -0.426 e. The molecule has 0 spiro atoms. The Morgan fingerprint density at radius 1 is 0.967 bits per heavy atom. The number of aromatic nitrogens is 2. The molecule has 0 atom stereocenters. The predicted molar refractivity (Wildman–Crippen MR) is 111 cm³/mol. The SMILES string of the molecule is O=C(Cc1csc(-c2cccnc2)n1)Oc1ccc(C(=O)c2ccc(F)cc2)cc1. The van der Waals surface area contributed by atoms with Crippen LogP contribution in [0.2, 0.25) is 0 Å². The summed E-state index contributed by atoms with van der Waals surface area (Å²) in [4.78, 5) is 33.1. The van der Waals surface area contributed by atoms with Gasteiger partial charge in [0.2, 0.25) is 0 Å². The van der Waals surface area contributed by atoms with Gasteiger partial charge in [0.1, 0.15) is 16.6 Å². The smallest absolute Gasteiger partial charge is 0.317 e. The number of carbonyl (C=O) groups is 2. The second kappa shape index (κ2) is 8.75. The average Bonchev–Trinajstić information content (AvgIpc) is 3.23. The van der Waals surface area contributed by atoms with Crippen LogP contribution in [0.5, 0.6) is 5.75 Å². The van der Waals surface area contributed by atoms with E-state index in [0.29, 0.717) is 22.6 Å². The lowest BCUT2D eigenvalue weighted by Crippen LogP contribution is -2.11. The molecule has 5 nitrogen and oxygen atoms in total. The topological polar surface area (TPSA) is 69.2 Å². The van der Waals surface area contributed by atoms with Gasteiger partial charge >= 0.3 is 5.97 Å². The van der Waals surface area contributed by atoms with Gasteiger partial charge in [-0.25, -0.2) is 9.37 Å². The molecule has 0 bridgehead atoms. The Morgan fingerprint density at radius 3 is 2.33 bits per heavy atom. The molecule has 7 heteroatoms. The van der Waals surface area contributed by atoms with Crippen LogP contribution in [0.25, 0.3) is 10.6 Å². The van der Waals surface area contributed by atoms with Gasteiger partial charge in [0.05, 0.1) is 12.1 Å². The number of ketones is 1. The molecular formula is C23H15FN2O3S. The van der Waals surface area contributed by atoms with E-state index in [-0.39, 0.29) is 12.2 Å². The summed E-state index contributed by atoms with van der Waals surface area (Å²) in [5.41, 5.74) is 2.31. The van der Waals surface area contributed by atoms with E-state index < -0.39 is 11.8 Å². The number of carbonyl (C=O) groups excluding carboxylic acids is 2. The third kappa shape index (κ3) is 4.64. The Balaban J connectivity index is 1.37. The minimum absolute atomic E-state index is 0.0347. The largest absolute Gasteiger partial charge is 0.426 e. The van der Waals surface area contributed by atoms with Gasteiger partial charge in [-0.1, -0.05) is 0 Å². The van der Waals surface area contributed by atoms with E-state index in [9.17, 15) is 14.0 Å². The molecule has 0 saturated heterocycles. The van der Waals surface area contributed by atoms with Crippen molar-refractivity contribution < 1.29 is 18.7 Å². The van der Waals surface area contributed by atoms with Crippen molar-refractivity contribution in [3.05, 3.63) is 101 Å². The fourth-order valence-electron chi connectivity index (χ4n) is 2.77. The summed E-state index contributed by atoms with van der Waals surface area (Å²) >= 11 is 1.44. The summed E-state index contributed by atoms with van der Waals surface area (Å²) in [6, 6.07) is 15.3. The summed E-state index contributed by atoms with van der Waals surface area (Å²) < 4.78 is 18.3. The summed E-state index contributed by atoms with van der Waals surface area (Å²) in [6.45, 7) is 0. The number of benzene rings is 2. The molecule has 0 unspecified atom stereocenters. The molecule has 0 N–H and O–H groups in total. The van der Waals surface area contributed by atoms with Crippen molar-refractivity contribution in [1.29, 1.82) is 0 Å². The predicted octanol–water partition coefficient (Wildman–Crippen LogP) is 4.72. The fraction of sp³-hybridized carbons (Fsp3) is 0.0435. The Bertz CT molecular complexity index is 1170. The second-order valence-electron chi connectivity index (χ2n) is 6.40. The number of pyridine rings is 1. The molecule has 0 amide bonds. The van der Waals surface area contributed by atoms with Crippen molar-refractivity contribution in [2.75, 3.05) is 0 Å². The van der Waals surface area contributed by atoms with Crippen LogP contribution in [0.15, 0.2) is 78.4 Å². The monoisotopic (exact) mass is 418 g/mol. The lowest BCUT2D eigenvalue weighted by molar-refractivity contribution is -0.133. The van der Waals surface area contributed by atoms with E-state index in [2.05, 4.69) is 9.97 Å². The third-order valence-electron chi connectivity index (χ3n) is 4.24. The van der Waals surface area contributed by atoms with Crippen molar-refractivity contribution in [3.63, 3.8) is 0 Å². The van der Waals surface area contributed by atoms with Crippen LogP contribution in [0.3, 0.4) is 0 Å². The van der Waals surface area contributed by atoms with Gasteiger partial charge in [0.15, 0.2) is 5.78 Å². The Morgan fingerprint density at radius 2 is 1.67 bits per heavy atom. The van der Waals surface area contributed by atoms with Crippen LogP contribution in [0.4, 0.5) is 4.39 Å². The number of nitrogens with zero attached hydrogens (tertiary/aromatic N) is 2. The summed E-state index contributed by atoms with van der Waals surface area (Å²) in [6.07, 6.45) is 3.44. The Hall–Kier alpha value is -3.71. The molecule has 0 aliphatic heterocycles. The Kier molecular flexibility index (Phi) is 5.72. The van der Waals surface area contributed by atoms with Crippen molar-refractivity contribution in [1.82, 2.24) is 9.97 Å². The molecule has 148 valence electrons. The lowest BCUT2D eigenvalue weighted by atomic mass is 10.0. The number of hydrogen-bond donors (Lipinski definition) is 0. The standard InChI is InChI=1S/C23H15FN2O3S/c24-18-7-3-15(4-8-18)22(28)16-5-9-20(10-6-16)29-21(27)12-19-14-30-23(26-19)17-2-1-11-25-13-17/h1-11,13-14H,12H2. The molecule has 2 aromatic heterocycles. The molecule has 0 aliphatic carbocycles. The van der Waals surface area contributed by atoms with Crippen LogP contribution in [0, 0.1) is 5.82 Å². The first-order valence-electron chi connectivity index (χ1n) is 9.04. The molecule has 30 heavy (non-hydrogen) atoms.